The van der Waals surface area contributed by atoms with Gasteiger partial charge in [-0.15, -0.1) is 0 Å². The van der Waals surface area contributed by atoms with Crippen molar-refractivity contribution in [2.24, 2.45) is 0 Å². The molecule has 14 heavy (non-hydrogen) atoms. The largest absolute Gasteiger partial charge is 0.329 e. The SMILES string of the molecule is O=CNc1ccc(-n2nccn2)cc1. The maximum Gasteiger partial charge on any atom is 0.211 e. The van der Waals surface area contributed by atoms with Crippen molar-refractivity contribution in [3.8, 4) is 5.69 Å². The predicted molar refractivity (Wildman–Crippen MR) is 51.0 cm³/mol. The van der Waals surface area contributed by atoms with E-state index < -0.39 is 0 Å². The van der Waals surface area contributed by atoms with Crippen LogP contribution in [0.15, 0.2) is 36.7 Å². The van der Waals surface area contributed by atoms with E-state index in [1.54, 1.807) is 24.5 Å². The van der Waals surface area contributed by atoms with Gasteiger partial charge in [-0.2, -0.15) is 15.0 Å². The van der Waals surface area contributed by atoms with Gasteiger partial charge in [-0.1, -0.05) is 0 Å². The highest BCUT2D eigenvalue weighted by Gasteiger charge is 1.96. The Morgan fingerprint density at radius 3 is 2.36 bits per heavy atom. The molecule has 0 bridgehead atoms. The zero-order valence-corrected chi connectivity index (χ0v) is 7.29. The molecule has 70 valence electrons. The quantitative estimate of drug-likeness (QED) is 0.726. The maximum atomic E-state index is 10.1. The Bertz CT molecular complexity index is 407. The van der Waals surface area contributed by atoms with Gasteiger partial charge in [-0.25, -0.2) is 0 Å². The van der Waals surface area contributed by atoms with Gasteiger partial charge in [0.15, 0.2) is 0 Å². The highest BCUT2D eigenvalue weighted by molar-refractivity contribution is 5.71. The van der Waals surface area contributed by atoms with Crippen LogP contribution in [0.4, 0.5) is 5.69 Å². The molecular formula is C9H8N4O. The van der Waals surface area contributed by atoms with E-state index in [1.807, 2.05) is 12.1 Å². The van der Waals surface area contributed by atoms with Crippen molar-refractivity contribution in [2.75, 3.05) is 5.32 Å². The van der Waals surface area contributed by atoms with Gasteiger partial charge >= 0.3 is 0 Å². The van der Waals surface area contributed by atoms with Crippen LogP contribution in [-0.2, 0) is 4.79 Å². The number of hydrogen-bond acceptors (Lipinski definition) is 3. The lowest BCUT2D eigenvalue weighted by molar-refractivity contribution is -0.105. The number of benzene rings is 1. The third kappa shape index (κ3) is 1.61. The van der Waals surface area contributed by atoms with Crippen LogP contribution in [0, 0.1) is 0 Å². The summed E-state index contributed by atoms with van der Waals surface area (Å²) < 4.78 is 0. The normalized spacial score (nSPS) is 9.71. The van der Waals surface area contributed by atoms with E-state index in [9.17, 15) is 4.79 Å². The molecule has 1 aromatic carbocycles. The molecule has 5 nitrogen and oxygen atoms in total. The lowest BCUT2D eigenvalue weighted by Crippen LogP contribution is -1.99. The lowest BCUT2D eigenvalue weighted by atomic mass is 10.3. The van der Waals surface area contributed by atoms with Crippen LogP contribution in [0.2, 0.25) is 0 Å². The molecular weight excluding hydrogens is 180 g/mol. The van der Waals surface area contributed by atoms with Crippen molar-refractivity contribution in [1.29, 1.82) is 0 Å². The molecule has 0 radical (unpaired) electrons. The molecule has 1 amide bonds. The summed E-state index contributed by atoms with van der Waals surface area (Å²) in [5, 5.41) is 10.5. The van der Waals surface area contributed by atoms with Gasteiger partial charge < -0.3 is 5.32 Å². The van der Waals surface area contributed by atoms with E-state index in [-0.39, 0.29) is 0 Å². The summed E-state index contributed by atoms with van der Waals surface area (Å²) in [5.74, 6) is 0. The molecule has 0 saturated heterocycles. The molecule has 1 N–H and O–H groups in total. The van der Waals surface area contributed by atoms with E-state index >= 15 is 0 Å². The van der Waals surface area contributed by atoms with E-state index in [1.165, 1.54) is 4.80 Å². The lowest BCUT2D eigenvalue weighted by Gasteiger charge is -2.01. The van der Waals surface area contributed by atoms with Gasteiger partial charge in [0.2, 0.25) is 6.41 Å². The summed E-state index contributed by atoms with van der Waals surface area (Å²) >= 11 is 0. The third-order valence-corrected chi connectivity index (χ3v) is 1.74. The van der Waals surface area contributed by atoms with Gasteiger partial charge in [0.25, 0.3) is 0 Å². The van der Waals surface area contributed by atoms with E-state index in [0.29, 0.717) is 6.41 Å². The first kappa shape index (κ1) is 8.43. The van der Waals surface area contributed by atoms with Crippen LogP contribution in [0.3, 0.4) is 0 Å². The zero-order valence-electron chi connectivity index (χ0n) is 7.29. The Balaban J connectivity index is 2.26. The van der Waals surface area contributed by atoms with Crippen LogP contribution in [0.25, 0.3) is 5.69 Å². The van der Waals surface area contributed by atoms with Crippen LogP contribution < -0.4 is 5.32 Å². The Morgan fingerprint density at radius 2 is 1.79 bits per heavy atom. The van der Waals surface area contributed by atoms with Crippen molar-refractivity contribution in [3.05, 3.63) is 36.7 Å². The monoisotopic (exact) mass is 188 g/mol. The highest BCUT2D eigenvalue weighted by atomic mass is 16.1. The van der Waals surface area contributed by atoms with Crippen molar-refractivity contribution < 1.29 is 4.79 Å². The van der Waals surface area contributed by atoms with Gasteiger partial charge in [0.05, 0.1) is 18.1 Å². The van der Waals surface area contributed by atoms with Crippen LogP contribution in [-0.4, -0.2) is 21.4 Å². The fourth-order valence-corrected chi connectivity index (χ4v) is 1.11. The molecule has 0 aliphatic carbocycles. The Kier molecular flexibility index (Phi) is 2.22. The molecule has 2 rings (SSSR count). The molecule has 1 aromatic heterocycles. The number of nitrogens with one attached hydrogen (secondary N) is 1. The van der Waals surface area contributed by atoms with Crippen molar-refractivity contribution in [1.82, 2.24) is 15.0 Å². The van der Waals surface area contributed by atoms with Gasteiger partial charge in [0, 0.05) is 5.69 Å². The number of anilines is 1. The molecule has 1 heterocycles. The third-order valence-electron chi connectivity index (χ3n) is 1.74. The average molecular weight is 188 g/mol. The minimum Gasteiger partial charge on any atom is -0.329 e. The zero-order chi connectivity index (χ0) is 9.80. The average Bonchev–Trinajstić information content (AvgIpc) is 2.72. The molecule has 0 fully saturated rings. The molecule has 0 aliphatic rings. The number of nitrogens with zero attached hydrogens (tertiary/aromatic N) is 3. The predicted octanol–water partition coefficient (Wildman–Crippen LogP) is 0.836. The molecule has 0 atom stereocenters. The maximum absolute atomic E-state index is 10.1. The highest BCUT2D eigenvalue weighted by Crippen LogP contribution is 2.10. The molecule has 0 saturated carbocycles. The number of carbonyl (C=O) groups excluding carboxylic acids is 1. The number of rotatable bonds is 3. The summed E-state index contributed by atoms with van der Waals surface area (Å²) in [5.41, 5.74) is 1.60. The fourth-order valence-electron chi connectivity index (χ4n) is 1.11. The Labute approximate surface area is 80.4 Å². The number of hydrogen-bond donors (Lipinski definition) is 1. The van der Waals surface area contributed by atoms with Gasteiger partial charge in [0.1, 0.15) is 0 Å². The topological polar surface area (TPSA) is 59.8 Å². The molecule has 0 spiro atoms. The summed E-state index contributed by atoms with van der Waals surface area (Å²) in [4.78, 5) is 11.7. The minimum absolute atomic E-state index is 0.640. The second-order valence-corrected chi connectivity index (χ2v) is 2.63. The van der Waals surface area contributed by atoms with Crippen molar-refractivity contribution in [3.63, 3.8) is 0 Å². The first-order chi connectivity index (χ1) is 6.90. The Hall–Kier alpha value is -2.17. The second kappa shape index (κ2) is 3.69. The van der Waals surface area contributed by atoms with Gasteiger partial charge in [-0.3, -0.25) is 4.79 Å². The number of carbonyl (C=O) groups is 1. The van der Waals surface area contributed by atoms with E-state index in [0.717, 1.165) is 11.4 Å². The number of aromatic nitrogens is 3. The fraction of sp³-hybridized carbons (Fsp3) is 0. The molecule has 5 heteroatoms. The summed E-state index contributed by atoms with van der Waals surface area (Å²) in [6.45, 7) is 0. The van der Waals surface area contributed by atoms with Crippen LogP contribution >= 0.6 is 0 Å². The van der Waals surface area contributed by atoms with Crippen LogP contribution in [0.1, 0.15) is 0 Å². The van der Waals surface area contributed by atoms with Gasteiger partial charge in [-0.05, 0) is 24.3 Å². The van der Waals surface area contributed by atoms with E-state index in [4.69, 9.17) is 0 Å². The number of amides is 1. The molecule has 0 aliphatic heterocycles. The summed E-state index contributed by atoms with van der Waals surface area (Å²) in [7, 11) is 0. The van der Waals surface area contributed by atoms with E-state index in [2.05, 4.69) is 15.5 Å². The molecule has 2 aromatic rings. The second-order valence-electron chi connectivity index (χ2n) is 2.63. The summed E-state index contributed by atoms with van der Waals surface area (Å²) in [6.07, 6.45) is 3.86. The first-order valence-electron chi connectivity index (χ1n) is 4.07. The minimum atomic E-state index is 0.640. The standard InChI is InChI=1S/C9H8N4O/c14-7-10-8-1-3-9(4-2-8)13-11-5-6-12-13/h1-7H,(H,10,14). The Morgan fingerprint density at radius 1 is 1.14 bits per heavy atom. The smallest absolute Gasteiger partial charge is 0.211 e. The van der Waals surface area contributed by atoms with Crippen molar-refractivity contribution in [2.45, 2.75) is 0 Å². The first-order valence-corrected chi connectivity index (χ1v) is 4.07. The molecule has 0 unspecified atom stereocenters. The van der Waals surface area contributed by atoms with Crippen LogP contribution in [0.5, 0.6) is 0 Å². The summed E-state index contributed by atoms with van der Waals surface area (Å²) in [6, 6.07) is 7.22. The van der Waals surface area contributed by atoms with Crippen molar-refractivity contribution >= 4 is 12.1 Å².